The molecule has 1 aliphatic rings. The number of ether oxygens (including phenoxy) is 2. The summed E-state index contributed by atoms with van der Waals surface area (Å²) in [6, 6.07) is 2.43. The van der Waals surface area contributed by atoms with Gasteiger partial charge in [0.25, 0.3) is 0 Å². The van der Waals surface area contributed by atoms with Crippen molar-refractivity contribution in [3.63, 3.8) is 0 Å². The third-order valence-electron chi connectivity index (χ3n) is 2.36. The second-order valence-corrected chi connectivity index (χ2v) is 3.50. The summed E-state index contributed by atoms with van der Waals surface area (Å²) in [6.07, 6.45) is -4.34. The first-order valence-electron chi connectivity index (χ1n) is 4.78. The Balaban J connectivity index is 2.30. The predicted molar refractivity (Wildman–Crippen MR) is 49.1 cm³/mol. The lowest BCUT2D eigenvalue weighted by Crippen LogP contribution is -2.60. The maximum atomic E-state index is 12.4. The van der Waals surface area contributed by atoms with E-state index in [9.17, 15) is 13.2 Å². The summed E-state index contributed by atoms with van der Waals surface area (Å²) in [7, 11) is 0. The average molecular weight is 234 g/mol. The second-order valence-electron chi connectivity index (χ2n) is 3.50. The number of benzene rings is 1. The molecule has 88 valence electrons. The first-order valence-corrected chi connectivity index (χ1v) is 4.78. The fourth-order valence-corrected chi connectivity index (χ4v) is 1.47. The van der Waals surface area contributed by atoms with Crippen molar-refractivity contribution in [1.29, 1.82) is 0 Å². The van der Waals surface area contributed by atoms with Gasteiger partial charge in [0.05, 0.1) is 0 Å². The van der Waals surface area contributed by atoms with E-state index in [0.29, 0.717) is 24.7 Å². The SMILES string of the molecule is [NH3+][C@H](c1ccc2c(c1)OCCO2)C(F)(F)F. The van der Waals surface area contributed by atoms with Crippen LogP contribution in [0.1, 0.15) is 11.6 Å². The fourth-order valence-electron chi connectivity index (χ4n) is 1.47. The number of fused-ring (bicyclic) bond motifs is 1. The molecule has 0 amide bonds. The zero-order valence-electron chi connectivity index (χ0n) is 8.38. The summed E-state index contributed by atoms with van der Waals surface area (Å²) in [4.78, 5) is 0. The van der Waals surface area contributed by atoms with E-state index in [4.69, 9.17) is 9.47 Å². The van der Waals surface area contributed by atoms with Crippen molar-refractivity contribution < 1.29 is 28.4 Å². The third-order valence-corrected chi connectivity index (χ3v) is 2.36. The smallest absolute Gasteiger partial charge is 0.445 e. The molecular weight excluding hydrogens is 223 g/mol. The average Bonchev–Trinajstić information content (AvgIpc) is 2.26. The van der Waals surface area contributed by atoms with Crippen LogP contribution in [0.3, 0.4) is 0 Å². The summed E-state index contributed by atoms with van der Waals surface area (Å²) in [5.41, 5.74) is 3.19. The molecule has 1 aromatic rings. The molecule has 16 heavy (non-hydrogen) atoms. The quantitative estimate of drug-likeness (QED) is 0.796. The van der Waals surface area contributed by atoms with Crippen LogP contribution in [0.25, 0.3) is 0 Å². The molecule has 0 aliphatic carbocycles. The Hall–Kier alpha value is -1.43. The van der Waals surface area contributed by atoms with E-state index in [1.54, 1.807) is 0 Å². The van der Waals surface area contributed by atoms with Gasteiger partial charge in [0.15, 0.2) is 11.5 Å². The number of quaternary nitrogens is 1. The lowest BCUT2D eigenvalue weighted by atomic mass is 10.1. The molecule has 0 saturated carbocycles. The molecule has 3 N–H and O–H groups in total. The fraction of sp³-hybridized carbons (Fsp3) is 0.400. The van der Waals surface area contributed by atoms with Gasteiger partial charge in [-0.15, -0.1) is 0 Å². The molecule has 0 spiro atoms. The van der Waals surface area contributed by atoms with Crippen LogP contribution >= 0.6 is 0 Å². The van der Waals surface area contributed by atoms with Crippen molar-refractivity contribution in [2.24, 2.45) is 0 Å². The van der Waals surface area contributed by atoms with Gasteiger partial charge in [-0.05, 0) is 18.2 Å². The summed E-state index contributed by atoms with van der Waals surface area (Å²) in [6.45, 7) is 0.768. The molecule has 0 unspecified atom stereocenters. The summed E-state index contributed by atoms with van der Waals surface area (Å²) in [5.74, 6) is 0.825. The second kappa shape index (κ2) is 3.86. The van der Waals surface area contributed by atoms with Crippen molar-refractivity contribution in [2.45, 2.75) is 12.2 Å². The zero-order valence-corrected chi connectivity index (χ0v) is 8.38. The molecule has 0 saturated heterocycles. The standard InChI is InChI=1S/C10H10F3NO2/c11-10(12,13)9(14)6-1-2-7-8(5-6)16-4-3-15-7/h1-2,5,9H,3-4,14H2/p+1/t9-/m1/s1. The normalized spacial score (nSPS) is 17.0. The molecule has 2 rings (SSSR count). The first-order chi connectivity index (χ1) is 7.48. The minimum Gasteiger partial charge on any atom is -0.486 e. The molecule has 3 nitrogen and oxygen atoms in total. The van der Waals surface area contributed by atoms with Gasteiger partial charge in [0, 0.05) is 5.56 Å². The minimum absolute atomic E-state index is 0.0803. The Morgan fingerprint density at radius 2 is 1.75 bits per heavy atom. The van der Waals surface area contributed by atoms with Crippen LogP contribution in [0, 0.1) is 0 Å². The van der Waals surface area contributed by atoms with Gasteiger partial charge in [-0.2, -0.15) is 13.2 Å². The van der Waals surface area contributed by atoms with Crippen LogP contribution in [0.2, 0.25) is 0 Å². The Morgan fingerprint density at radius 3 is 2.38 bits per heavy atom. The van der Waals surface area contributed by atoms with Crippen LogP contribution in [0.4, 0.5) is 13.2 Å². The van der Waals surface area contributed by atoms with Crippen LogP contribution in [-0.2, 0) is 0 Å². The van der Waals surface area contributed by atoms with Crippen molar-refractivity contribution in [2.75, 3.05) is 13.2 Å². The molecule has 0 bridgehead atoms. The largest absolute Gasteiger partial charge is 0.486 e. The van der Waals surface area contributed by atoms with Gasteiger partial charge < -0.3 is 15.2 Å². The molecule has 1 atom stereocenters. The van der Waals surface area contributed by atoms with Gasteiger partial charge in [-0.25, -0.2) is 0 Å². The maximum Gasteiger partial charge on any atom is 0.445 e. The predicted octanol–water partition coefficient (Wildman–Crippen LogP) is 1.30. The lowest BCUT2D eigenvalue weighted by molar-refractivity contribution is -0.488. The number of rotatable bonds is 1. The van der Waals surface area contributed by atoms with E-state index in [0.717, 1.165) is 0 Å². The summed E-state index contributed by atoms with van der Waals surface area (Å²) < 4.78 is 47.7. The van der Waals surface area contributed by atoms with Crippen molar-refractivity contribution in [3.05, 3.63) is 23.8 Å². The monoisotopic (exact) mass is 234 g/mol. The van der Waals surface area contributed by atoms with E-state index >= 15 is 0 Å². The Labute approximate surface area is 89.9 Å². The third kappa shape index (κ3) is 2.06. The highest BCUT2D eigenvalue weighted by molar-refractivity contribution is 5.44. The number of alkyl halides is 3. The van der Waals surface area contributed by atoms with Gasteiger partial charge in [0.1, 0.15) is 13.2 Å². The maximum absolute atomic E-state index is 12.4. The van der Waals surface area contributed by atoms with E-state index in [1.807, 2.05) is 0 Å². The van der Waals surface area contributed by atoms with E-state index < -0.39 is 12.2 Å². The first kappa shape index (κ1) is 11.1. The van der Waals surface area contributed by atoms with Crippen LogP contribution in [-0.4, -0.2) is 19.4 Å². The molecule has 0 fully saturated rings. The van der Waals surface area contributed by atoms with E-state index in [-0.39, 0.29) is 5.56 Å². The van der Waals surface area contributed by atoms with Crippen LogP contribution in [0.15, 0.2) is 18.2 Å². The Bertz CT molecular complexity index is 392. The molecule has 6 heteroatoms. The molecule has 0 radical (unpaired) electrons. The highest BCUT2D eigenvalue weighted by atomic mass is 19.4. The topological polar surface area (TPSA) is 46.1 Å². The van der Waals surface area contributed by atoms with Crippen molar-refractivity contribution in [3.8, 4) is 11.5 Å². The Kier molecular flexibility index (Phi) is 2.67. The van der Waals surface area contributed by atoms with Gasteiger partial charge in [-0.1, -0.05) is 0 Å². The van der Waals surface area contributed by atoms with Crippen LogP contribution < -0.4 is 15.2 Å². The number of hydrogen-bond acceptors (Lipinski definition) is 2. The highest BCUT2D eigenvalue weighted by Crippen LogP contribution is 2.35. The van der Waals surface area contributed by atoms with Crippen molar-refractivity contribution >= 4 is 0 Å². The van der Waals surface area contributed by atoms with Crippen molar-refractivity contribution in [1.82, 2.24) is 0 Å². The van der Waals surface area contributed by atoms with Gasteiger partial charge >= 0.3 is 6.18 Å². The van der Waals surface area contributed by atoms with E-state index in [1.165, 1.54) is 18.2 Å². The molecular formula is C10H11F3NO2+. The molecule has 1 aromatic carbocycles. The Morgan fingerprint density at radius 1 is 1.12 bits per heavy atom. The number of hydrogen-bond donors (Lipinski definition) is 1. The highest BCUT2D eigenvalue weighted by Gasteiger charge is 2.42. The zero-order chi connectivity index (χ0) is 11.8. The molecule has 0 aromatic heterocycles. The summed E-state index contributed by atoms with van der Waals surface area (Å²) >= 11 is 0. The van der Waals surface area contributed by atoms with Gasteiger partial charge in [-0.3, -0.25) is 0 Å². The minimum atomic E-state index is -4.34. The van der Waals surface area contributed by atoms with Gasteiger partial charge in [0.2, 0.25) is 6.04 Å². The summed E-state index contributed by atoms with van der Waals surface area (Å²) in [5, 5.41) is 0. The van der Waals surface area contributed by atoms with Crippen LogP contribution in [0.5, 0.6) is 11.5 Å². The molecule has 1 aliphatic heterocycles. The lowest BCUT2D eigenvalue weighted by Gasteiger charge is -2.20. The molecule has 1 heterocycles. The van der Waals surface area contributed by atoms with E-state index in [2.05, 4.69) is 5.73 Å². The number of halogens is 3.